The van der Waals surface area contributed by atoms with E-state index in [1.54, 1.807) is 28.9 Å². The van der Waals surface area contributed by atoms with Gasteiger partial charge in [-0.05, 0) is 43.7 Å². The van der Waals surface area contributed by atoms with Gasteiger partial charge in [0.1, 0.15) is 11.6 Å². The van der Waals surface area contributed by atoms with Crippen LogP contribution in [0.2, 0.25) is 0 Å². The highest BCUT2D eigenvalue weighted by atomic mass is 19.1. The fourth-order valence-corrected chi connectivity index (χ4v) is 3.54. The number of hydrogen-bond acceptors (Lipinski definition) is 5. The van der Waals surface area contributed by atoms with Crippen molar-refractivity contribution in [3.8, 4) is 0 Å². The minimum absolute atomic E-state index is 0.157. The number of pyridine rings is 2. The maximum absolute atomic E-state index is 13.3. The van der Waals surface area contributed by atoms with Gasteiger partial charge >= 0.3 is 0 Å². The molecule has 0 saturated heterocycles. The summed E-state index contributed by atoms with van der Waals surface area (Å²) in [5.74, 6) is -0.158. The van der Waals surface area contributed by atoms with E-state index in [-0.39, 0.29) is 11.9 Å². The second kappa shape index (κ2) is 6.80. The maximum Gasteiger partial charge on any atom is 0.254 e. The molecule has 1 amide bonds. The van der Waals surface area contributed by atoms with Crippen LogP contribution in [0.5, 0.6) is 0 Å². The van der Waals surface area contributed by atoms with Crippen LogP contribution in [0.25, 0.3) is 21.8 Å². The molecule has 7 nitrogen and oxygen atoms in total. The summed E-state index contributed by atoms with van der Waals surface area (Å²) in [6, 6.07) is 6.31. The molecule has 0 aliphatic heterocycles. The molecule has 0 radical (unpaired) electrons. The number of anilines is 1. The van der Waals surface area contributed by atoms with E-state index in [9.17, 15) is 9.18 Å². The number of nitrogen functional groups attached to an aromatic ring is 1. The monoisotopic (exact) mass is 392 g/mol. The molecule has 0 unspecified atom stereocenters. The van der Waals surface area contributed by atoms with E-state index in [0.717, 1.165) is 28.0 Å². The topological polar surface area (TPSA) is 89.9 Å². The normalized spacial score (nSPS) is 12.4. The Hall–Kier alpha value is -3.55. The van der Waals surface area contributed by atoms with Crippen molar-refractivity contribution in [3.63, 3.8) is 0 Å². The second-order valence-electron chi connectivity index (χ2n) is 7.21. The van der Waals surface area contributed by atoms with Gasteiger partial charge < -0.3 is 10.6 Å². The highest BCUT2D eigenvalue weighted by Crippen LogP contribution is 2.30. The van der Waals surface area contributed by atoms with E-state index in [1.807, 2.05) is 33.0 Å². The molecule has 0 saturated carbocycles. The summed E-state index contributed by atoms with van der Waals surface area (Å²) in [4.78, 5) is 23.4. The van der Waals surface area contributed by atoms with Crippen LogP contribution in [0.3, 0.4) is 0 Å². The van der Waals surface area contributed by atoms with Crippen molar-refractivity contribution in [3.05, 3.63) is 59.3 Å². The Morgan fingerprint density at radius 1 is 1.24 bits per heavy atom. The standard InChI is InChI=1S/C21H21FN6O/c1-11-7-18-15(19-16(20(23)26-18)10-25-28(19)4)8-14(11)21(29)27(3)12(2)17-6-5-13(22)9-24-17/h5-10,12H,1-4H3,(H2,23,26)/t12-/m1/s1. The van der Waals surface area contributed by atoms with E-state index in [4.69, 9.17) is 5.73 Å². The first-order valence-corrected chi connectivity index (χ1v) is 9.18. The number of aromatic nitrogens is 4. The first-order chi connectivity index (χ1) is 13.8. The van der Waals surface area contributed by atoms with Gasteiger partial charge in [0.05, 0.1) is 40.5 Å². The maximum atomic E-state index is 13.3. The molecule has 8 heteroatoms. The summed E-state index contributed by atoms with van der Waals surface area (Å²) < 4.78 is 14.9. The zero-order valence-corrected chi connectivity index (χ0v) is 16.6. The van der Waals surface area contributed by atoms with Gasteiger partial charge in [-0.25, -0.2) is 9.37 Å². The molecular formula is C21H21FN6O. The van der Waals surface area contributed by atoms with E-state index >= 15 is 0 Å². The van der Waals surface area contributed by atoms with E-state index in [1.165, 1.54) is 6.07 Å². The van der Waals surface area contributed by atoms with E-state index < -0.39 is 5.82 Å². The molecule has 0 spiro atoms. The number of nitrogens with zero attached hydrogens (tertiary/aromatic N) is 5. The predicted octanol–water partition coefficient (Wildman–Crippen LogP) is 3.38. The highest BCUT2D eigenvalue weighted by Gasteiger charge is 2.23. The third-order valence-electron chi connectivity index (χ3n) is 5.36. The number of fused-ring (bicyclic) bond motifs is 3. The number of halogens is 1. The Balaban J connectivity index is 1.80. The van der Waals surface area contributed by atoms with Crippen LogP contribution in [0.4, 0.5) is 10.2 Å². The largest absolute Gasteiger partial charge is 0.383 e. The molecule has 29 heavy (non-hydrogen) atoms. The first kappa shape index (κ1) is 18.8. The Bertz CT molecular complexity index is 1250. The Morgan fingerprint density at radius 3 is 2.69 bits per heavy atom. The minimum atomic E-state index is -0.410. The van der Waals surface area contributed by atoms with Crippen molar-refractivity contribution in [2.75, 3.05) is 12.8 Å². The van der Waals surface area contributed by atoms with Gasteiger partial charge in [0.2, 0.25) is 0 Å². The number of carbonyl (C=O) groups excluding carboxylic acids is 1. The number of carbonyl (C=O) groups is 1. The molecule has 0 aliphatic rings. The van der Waals surface area contributed by atoms with Crippen molar-refractivity contribution >= 4 is 33.5 Å². The Kier molecular flexibility index (Phi) is 4.41. The molecule has 1 atom stereocenters. The van der Waals surface area contributed by atoms with Crippen LogP contribution >= 0.6 is 0 Å². The van der Waals surface area contributed by atoms with Crippen molar-refractivity contribution < 1.29 is 9.18 Å². The highest BCUT2D eigenvalue weighted by molar-refractivity contribution is 6.10. The lowest BCUT2D eigenvalue weighted by molar-refractivity contribution is 0.0739. The molecule has 2 N–H and O–H groups in total. The van der Waals surface area contributed by atoms with Crippen molar-refractivity contribution in [2.45, 2.75) is 19.9 Å². The molecule has 0 aliphatic carbocycles. The summed E-state index contributed by atoms with van der Waals surface area (Å²) in [6.45, 7) is 3.72. The lowest BCUT2D eigenvalue weighted by atomic mass is 10.0. The fraction of sp³-hybridized carbons (Fsp3) is 0.238. The number of hydrogen-bond donors (Lipinski definition) is 1. The van der Waals surface area contributed by atoms with E-state index in [0.29, 0.717) is 22.6 Å². The van der Waals surface area contributed by atoms with Crippen LogP contribution in [0.15, 0.2) is 36.7 Å². The van der Waals surface area contributed by atoms with E-state index in [2.05, 4.69) is 15.1 Å². The molecule has 1 aromatic carbocycles. The molecule has 4 rings (SSSR count). The third-order valence-corrected chi connectivity index (χ3v) is 5.36. The number of amides is 1. The summed E-state index contributed by atoms with van der Waals surface area (Å²) in [5.41, 5.74) is 9.58. The average molecular weight is 392 g/mol. The molecule has 0 fully saturated rings. The Labute approximate surface area is 167 Å². The Morgan fingerprint density at radius 2 is 2.00 bits per heavy atom. The zero-order valence-electron chi connectivity index (χ0n) is 16.6. The van der Waals surface area contributed by atoms with Gasteiger partial charge in [-0.15, -0.1) is 0 Å². The molecule has 4 aromatic rings. The third kappa shape index (κ3) is 3.06. The van der Waals surface area contributed by atoms with Crippen molar-refractivity contribution in [1.82, 2.24) is 24.6 Å². The van der Waals surface area contributed by atoms with Crippen molar-refractivity contribution in [2.24, 2.45) is 7.05 Å². The summed E-state index contributed by atoms with van der Waals surface area (Å²) in [5, 5.41) is 5.84. The lowest BCUT2D eigenvalue weighted by Crippen LogP contribution is -2.30. The van der Waals surface area contributed by atoms with Crippen molar-refractivity contribution in [1.29, 1.82) is 0 Å². The first-order valence-electron chi connectivity index (χ1n) is 9.18. The molecular weight excluding hydrogens is 371 g/mol. The SMILES string of the molecule is Cc1cc2nc(N)c3cnn(C)c3c2cc1C(=O)N(C)[C@H](C)c1ccc(F)cn1. The van der Waals surface area contributed by atoms with Crippen LogP contribution < -0.4 is 5.73 Å². The van der Waals surface area contributed by atoms with Crippen LogP contribution in [0, 0.1) is 12.7 Å². The molecule has 3 aromatic heterocycles. The van der Waals surface area contributed by atoms with Gasteiger partial charge in [-0.1, -0.05) is 0 Å². The number of aryl methyl sites for hydroxylation is 2. The number of nitrogens with two attached hydrogens (primary N) is 1. The van der Waals surface area contributed by atoms with Gasteiger partial charge in [-0.3, -0.25) is 14.5 Å². The van der Waals surface area contributed by atoms with Gasteiger partial charge in [0, 0.05) is 25.0 Å². The summed E-state index contributed by atoms with van der Waals surface area (Å²) in [7, 11) is 3.54. The zero-order chi connectivity index (χ0) is 20.9. The van der Waals surface area contributed by atoms with Gasteiger partial charge in [0.15, 0.2) is 0 Å². The van der Waals surface area contributed by atoms with Gasteiger partial charge in [0.25, 0.3) is 5.91 Å². The molecule has 148 valence electrons. The average Bonchev–Trinajstić information content (AvgIpc) is 3.09. The van der Waals surface area contributed by atoms with Crippen LogP contribution in [0.1, 0.15) is 34.6 Å². The fourth-order valence-electron chi connectivity index (χ4n) is 3.54. The lowest BCUT2D eigenvalue weighted by Gasteiger charge is -2.25. The van der Waals surface area contributed by atoms with Gasteiger partial charge in [-0.2, -0.15) is 5.10 Å². The van der Waals surface area contributed by atoms with Crippen LogP contribution in [-0.2, 0) is 7.05 Å². The summed E-state index contributed by atoms with van der Waals surface area (Å²) in [6.07, 6.45) is 2.83. The minimum Gasteiger partial charge on any atom is -0.383 e. The number of rotatable bonds is 3. The molecule has 0 bridgehead atoms. The predicted molar refractivity (Wildman–Crippen MR) is 110 cm³/mol. The quantitative estimate of drug-likeness (QED) is 0.577. The second-order valence-corrected chi connectivity index (χ2v) is 7.21. The smallest absolute Gasteiger partial charge is 0.254 e. The summed E-state index contributed by atoms with van der Waals surface area (Å²) >= 11 is 0. The van der Waals surface area contributed by atoms with Crippen LogP contribution in [-0.4, -0.2) is 37.6 Å². The molecule has 3 heterocycles. The number of benzene rings is 1.